The number of nitrogens with zero attached hydrogens (tertiary/aromatic N) is 2. The first-order valence-electron chi connectivity index (χ1n) is 9.51. The zero-order valence-corrected chi connectivity index (χ0v) is 16.2. The smallest absolute Gasteiger partial charge is 0.351 e. The van der Waals surface area contributed by atoms with Crippen LogP contribution in [0.5, 0.6) is 0 Å². The highest BCUT2D eigenvalue weighted by atomic mass is 19.3. The lowest BCUT2D eigenvalue weighted by atomic mass is 9.99. The number of aliphatic hydroxyl groups is 2. The molecule has 0 spiro atoms. The van der Waals surface area contributed by atoms with Crippen molar-refractivity contribution >= 4 is 17.4 Å². The summed E-state index contributed by atoms with van der Waals surface area (Å²) >= 11 is 0. The number of hydrogen-bond acceptors (Lipinski definition) is 7. The van der Waals surface area contributed by atoms with Crippen LogP contribution in [0.1, 0.15) is 28.6 Å². The number of rotatable bonds is 4. The Balaban J connectivity index is 1.52. The number of aliphatic hydroxyl groups excluding tert-OH is 2. The van der Waals surface area contributed by atoms with Crippen LogP contribution in [0.4, 0.5) is 20.3 Å². The molecule has 0 bridgehead atoms. The van der Waals surface area contributed by atoms with Crippen LogP contribution < -0.4 is 16.3 Å². The van der Waals surface area contributed by atoms with Crippen LogP contribution in [0.25, 0.3) is 0 Å². The fourth-order valence-electron chi connectivity index (χ4n) is 3.57. The number of nitrogens with one attached hydrogen (secondary N) is 2. The number of fused-ring (bicyclic) bond motifs is 1. The molecule has 3 atom stereocenters. The predicted octanol–water partition coefficient (Wildman–Crippen LogP) is 1.25. The van der Waals surface area contributed by atoms with Gasteiger partial charge in [-0.2, -0.15) is 13.8 Å². The van der Waals surface area contributed by atoms with Crippen molar-refractivity contribution in [2.75, 3.05) is 17.2 Å². The standard InChI is InChI=1S/C20H20F2N4O5/c1-10-2-3-11-8-12(4-5-13(11)23-10)17(29)24-15-6-7-26(19(30)25-15)18-20(21,22)16(28)14(9-27)31-18/h4-8,14,16,18,23,27-28H,1-3,9H2,(H,24,25,29,30)/t14-,16-,18?/m1/s1. The number of carbonyl (C=O) groups is 1. The topological polar surface area (TPSA) is 126 Å². The Morgan fingerprint density at radius 1 is 1.39 bits per heavy atom. The van der Waals surface area contributed by atoms with Crippen LogP contribution in [-0.4, -0.2) is 50.4 Å². The number of anilines is 2. The van der Waals surface area contributed by atoms with E-state index < -0.39 is 42.6 Å². The predicted molar refractivity (Wildman–Crippen MR) is 106 cm³/mol. The summed E-state index contributed by atoms with van der Waals surface area (Å²) in [4.78, 5) is 28.4. The molecule has 0 saturated carbocycles. The molecule has 1 amide bonds. The van der Waals surface area contributed by atoms with E-state index in [1.165, 1.54) is 6.07 Å². The minimum Gasteiger partial charge on any atom is -0.394 e. The van der Waals surface area contributed by atoms with E-state index >= 15 is 0 Å². The highest BCUT2D eigenvalue weighted by Crippen LogP contribution is 2.42. The van der Waals surface area contributed by atoms with Gasteiger partial charge in [-0.1, -0.05) is 6.58 Å². The largest absolute Gasteiger partial charge is 0.394 e. The van der Waals surface area contributed by atoms with Crippen molar-refractivity contribution in [1.29, 1.82) is 0 Å². The summed E-state index contributed by atoms with van der Waals surface area (Å²) in [6, 6.07) is 6.24. The first-order valence-corrected chi connectivity index (χ1v) is 9.51. The summed E-state index contributed by atoms with van der Waals surface area (Å²) < 4.78 is 33.9. The van der Waals surface area contributed by atoms with Gasteiger partial charge in [0, 0.05) is 23.1 Å². The van der Waals surface area contributed by atoms with Gasteiger partial charge in [-0.3, -0.25) is 9.36 Å². The number of aromatic nitrogens is 2. The van der Waals surface area contributed by atoms with Crippen molar-refractivity contribution in [3.05, 3.63) is 64.3 Å². The number of hydrogen-bond donors (Lipinski definition) is 4. The van der Waals surface area contributed by atoms with E-state index in [0.717, 1.165) is 36.0 Å². The van der Waals surface area contributed by atoms with Gasteiger partial charge in [-0.25, -0.2) is 4.79 Å². The van der Waals surface area contributed by atoms with Crippen molar-refractivity contribution < 1.29 is 28.5 Å². The zero-order valence-electron chi connectivity index (χ0n) is 16.2. The number of ether oxygens (including phenoxy) is 1. The fraction of sp³-hybridized carbons (Fsp3) is 0.350. The van der Waals surface area contributed by atoms with Gasteiger partial charge in [0.2, 0.25) is 6.23 Å². The van der Waals surface area contributed by atoms with Gasteiger partial charge in [0.15, 0.2) is 6.10 Å². The Labute approximate surface area is 175 Å². The van der Waals surface area contributed by atoms with Gasteiger partial charge in [0.05, 0.1) is 6.61 Å². The molecule has 164 valence electrons. The third-order valence-electron chi connectivity index (χ3n) is 5.26. The molecule has 2 aromatic rings. The molecule has 31 heavy (non-hydrogen) atoms. The van der Waals surface area contributed by atoms with Gasteiger partial charge in [0.1, 0.15) is 11.9 Å². The second-order valence-corrected chi connectivity index (χ2v) is 7.39. The quantitative estimate of drug-likeness (QED) is 0.571. The average molecular weight is 434 g/mol. The van der Waals surface area contributed by atoms with Gasteiger partial charge in [-0.15, -0.1) is 0 Å². The molecule has 11 heteroatoms. The maximum Gasteiger partial charge on any atom is 0.351 e. The Hall–Kier alpha value is -3.15. The molecule has 0 radical (unpaired) electrons. The van der Waals surface area contributed by atoms with Crippen molar-refractivity contribution in [3.63, 3.8) is 0 Å². The van der Waals surface area contributed by atoms with E-state index in [1.54, 1.807) is 18.2 Å². The highest BCUT2D eigenvalue weighted by molar-refractivity contribution is 6.04. The highest BCUT2D eigenvalue weighted by Gasteiger charge is 2.59. The molecule has 1 fully saturated rings. The summed E-state index contributed by atoms with van der Waals surface area (Å²) in [7, 11) is 0. The van der Waals surface area contributed by atoms with E-state index in [1.807, 2.05) is 0 Å². The van der Waals surface area contributed by atoms with Crippen LogP contribution in [-0.2, 0) is 11.2 Å². The number of carbonyl (C=O) groups excluding carboxylic acids is 1. The second-order valence-electron chi connectivity index (χ2n) is 7.39. The molecule has 3 heterocycles. The number of allylic oxidation sites excluding steroid dienone is 1. The van der Waals surface area contributed by atoms with Crippen molar-refractivity contribution in [2.24, 2.45) is 0 Å². The molecule has 1 unspecified atom stereocenters. The molecular formula is C20H20F2N4O5. The van der Waals surface area contributed by atoms with Gasteiger partial charge < -0.3 is 25.6 Å². The zero-order chi connectivity index (χ0) is 22.3. The lowest BCUT2D eigenvalue weighted by Gasteiger charge is -2.21. The number of halogens is 2. The minimum absolute atomic E-state index is 0.129. The van der Waals surface area contributed by atoms with E-state index in [9.17, 15) is 23.5 Å². The third-order valence-corrected chi connectivity index (χ3v) is 5.26. The normalized spacial score (nSPS) is 24.4. The summed E-state index contributed by atoms with van der Waals surface area (Å²) in [5.74, 6) is -4.46. The van der Waals surface area contributed by atoms with Crippen molar-refractivity contribution in [2.45, 2.75) is 37.2 Å². The Morgan fingerprint density at radius 2 is 2.16 bits per heavy atom. The molecule has 9 nitrogen and oxygen atoms in total. The molecule has 4 N–H and O–H groups in total. The fourth-order valence-corrected chi connectivity index (χ4v) is 3.57. The summed E-state index contributed by atoms with van der Waals surface area (Å²) in [5.41, 5.74) is 1.94. The van der Waals surface area contributed by atoms with E-state index in [4.69, 9.17) is 9.84 Å². The Morgan fingerprint density at radius 3 is 2.84 bits per heavy atom. The monoisotopic (exact) mass is 434 g/mol. The van der Waals surface area contributed by atoms with Crippen LogP contribution in [0.2, 0.25) is 0 Å². The second kappa shape index (κ2) is 7.84. The van der Waals surface area contributed by atoms with Gasteiger partial charge >= 0.3 is 11.6 Å². The lowest BCUT2D eigenvalue weighted by molar-refractivity contribution is -0.140. The molecular weight excluding hydrogens is 414 g/mol. The first kappa shape index (κ1) is 21.1. The summed E-state index contributed by atoms with van der Waals surface area (Å²) in [6.45, 7) is 3.04. The molecule has 2 aliphatic rings. The third kappa shape index (κ3) is 3.82. The van der Waals surface area contributed by atoms with Crippen LogP contribution in [0.3, 0.4) is 0 Å². The molecule has 1 aromatic carbocycles. The minimum atomic E-state index is -3.81. The van der Waals surface area contributed by atoms with Gasteiger partial charge in [0.25, 0.3) is 5.91 Å². The van der Waals surface area contributed by atoms with Gasteiger partial charge in [-0.05, 0) is 42.7 Å². The van der Waals surface area contributed by atoms with E-state index in [0.29, 0.717) is 10.1 Å². The van der Waals surface area contributed by atoms with Crippen LogP contribution in [0, 0.1) is 0 Å². The maximum atomic E-state index is 14.2. The van der Waals surface area contributed by atoms with E-state index in [-0.39, 0.29) is 5.82 Å². The number of aryl methyl sites for hydroxylation is 1. The molecule has 1 aromatic heterocycles. The maximum absolute atomic E-state index is 14.2. The molecule has 0 aliphatic carbocycles. The molecule has 1 saturated heterocycles. The number of amides is 1. The average Bonchev–Trinajstić information content (AvgIpc) is 2.96. The molecule has 2 aliphatic heterocycles. The number of benzene rings is 1. The Kier molecular flexibility index (Phi) is 5.33. The van der Waals surface area contributed by atoms with Crippen LogP contribution in [0.15, 0.2) is 47.5 Å². The SMILES string of the molecule is C=C1CCc2cc(C(=O)Nc3ccn(C4O[C@H](CO)[C@@H](O)C4(F)F)c(=O)n3)ccc2N1. The molecule has 4 rings (SSSR count). The summed E-state index contributed by atoms with van der Waals surface area (Å²) in [5, 5.41) is 24.3. The van der Waals surface area contributed by atoms with Crippen molar-refractivity contribution in [3.8, 4) is 0 Å². The van der Waals surface area contributed by atoms with E-state index in [2.05, 4.69) is 22.2 Å². The number of alkyl halides is 2. The lowest BCUT2D eigenvalue weighted by Crippen LogP contribution is -2.41. The Bertz CT molecular complexity index is 1100. The van der Waals surface area contributed by atoms with Crippen LogP contribution >= 0.6 is 0 Å². The van der Waals surface area contributed by atoms with Crippen molar-refractivity contribution in [1.82, 2.24) is 9.55 Å². The first-order chi connectivity index (χ1) is 14.7. The summed E-state index contributed by atoms with van der Waals surface area (Å²) in [6.07, 6.45) is -3.48.